The van der Waals surface area contributed by atoms with Crippen molar-refractivity contribution in [1.82, 2.24) is 20.0 Å². The molecule has 0 bridgehead atoms. The van der Waals surface area contributed by atoms with Crippen LogP contribution in [0.25, 0.3) is 11.3 Å². The maximum absolute atomic E-state index is 11.6. The second-order valence-corrected chi connectivity index (χ2v) is 7.21. The topological polar surface area (TPSA) is 129 Å². The third kappa shape index (κ3) is 2.85. The molecule has 3 heterocycles. The van der Waals surface area contributed by atoms with Gasteiger partial charge < -0.3 is 15.6 Å². The summed E-state index contributed by atoms with van der Waals surface area (Å²) in [5.74, 6) is 0.416. The van der Waals surface area contributed by atoms with Crippen LogP contribution in [0.15, 0.2) is 16.7 Å². The number of carboxylic acids is 1. The van der Waals surface area contributed by atoms with Gasteiger partial charge in [0.2, 0.25) is 0 Å². The van der Waals surface area contributed by atoms with Crippen LogP contribution >= 0.6 is 11.9 Å². The molecular formula is C18H18N6O3S. The molecule has 144 valence electrons. The van der Waals surface area contributed by atoms with Gasteiger partial charge in [0.25, 0.3) is 0 Å². The van der Waals surface area contributed by atoms with E-state index < -0.39 is 5.97 Å². The van der Waals surface area contributed by atoms with E-state index in [1.807, 2.05) is 13.8 Å². The molecule has 9 nitrogen and oxygen atoms in total. The van der Waals surface area contributed by atoms with Gasteiger partial charge in [-0.3, -0.25) is 4.98 Å². The van der Waals surface area contributed by atoms with Crippen molar-refractivity contribution in [2.45, 2.75) is 26.1 Å². The molecule has 0 radical (unpaired) electrons. The molecule has 1 aromatic rings. The minimum absolute atomic E-state index is 0.201. The summed E-state index contributed by atoms with van der Waals surface area (Å²) in [6.07, 6.45) is 1.74. The highest BCUT2D eigenvalue weighted by Gasteiger charge is 2.29. The smallest absolute Gasteiger partial charge is 0.336 e. The Bertz CT molecular complexity index is 1110. The van der Waals surface area contributed by atoms with Crippen LogP contribution in [0.3, 0.4) is 0 Å². The standard InChI is InChI=1S/C18H18N6O3S/c1-8-5-20-13(9(2)16(8)27-3)6-24-21-12-4-10(18(25)26)11-7-28-23-17(19)15(22-24)14(11)12/h4-5H,6-7H2,1-3H3,(H2,19,23)(H,25,26). The third-order valence-corrected chi connectivity index (χ3v) is 5.47. The molecule has 3 aliphatic rings. The number of aromatic nitrogens is 4. The fourth-order valence-corrected chi connectivity index (χ4v) is 4.12. The first-order valence-electron chi connectivity index (χ1n) is 8.49. The number of hydrogen-bond acceptors (Lipinski definition) is 8. The summed E-state index contributed by atoms with van der Waals surface area (Å²) < 4.78 is 9.68. The van der Waals surface area contributed by atoms with Gasteiger partial charge in [-0.05, 0) is 37.4 Å². The highest BCUT2D eigenvalue weighted by Crippen LogP contribution is 2.37. The number of aryl methyl sites for hydroxylation is 1. The highest BCUT2D eigenvalue weighted by molar-refractivity contribution is 7.97. The molecule has 0 aromatic carbocycles. The number of hydrogen-bond donors (Lipinski definition) is 2. The molecule has 0 fully saturated rings. The van der Waals surface area contributed by atoms with Crippen molar-refractivity contribution in [3.63, 3.8) is 0 Å². The van der Waals surface area contributed by atoms with Crippen LogP contribution in [-0.2, 0) is 12.3 Å². The average Bonchev–Trinajstić information content (AvgIpc) is 2.94. The summed E-state index contributed by atoms with van der Waals surface area (Å²) in [5, 5.41) is 18.6. The normalized spacial score (nSPS) is 13.3. The Hall–Kier alpha value is -3.14. The molecular weight excluding hydrogens is 380 g/mol. The second kappa shape index (κ2) is 6.79. The summed E-state index contributed by atoms with van der Waals surface area (Å²) in [6.45, 7) is 4.15. The van der Waals surface area contributed by atoms with Crippen molar-refractivity contribution in [1.29, 1.82) is 0 Å². The lowest BCUT2D eigenvalue weighted by Gasteiger charge is -2.14. The predicted molar refractivity (Wildman–Crippen MR) is 105 cm³/mol. The lowest BCUT2D eigenvalue weighted by atomic mass is 10.1. The number of pyridine rings is 1. The molecule has 0 unspecified atom stereocenters. The maximum Gasteiger partial charge on any atom is 0.336 e. The number of nitrogens with two attached hydrogens (primary N) is 1. The number of amidine groups is 1. The van der Waals surface area contributed by atoms with Gasteiger partial charge in [-0.15, -0.1) is 0 Å². The van der Waals surface area contributed by atoms with E-state index in [0.717, 1.165) is 22.6 Å². The molecule has 28 heavy (non-hydrogen) atoms. The van der Waals surface area contributed by atoms with E-state index in [1.54, 1.807) is 19.4 Å². The van der Waals surface area contributed by atoms with Crippen molar-refractivity contribution in [2.24, 2.45) is 10.1 Å². The van der Waals surface area contributed by atoms with Crippen LogP contribution in [0.4, 0.5) is 0 Å². The number of rotatable bonds is 4. The van der Waals surface area contributed by atoms with E-state index in [1.165, 1.54) is 16.7 Å². The Kier molecular flexibility index (Phi) is 4.42. The van der Waals surface area contributed by atoms with Gasteiger partial charge in [0.05, 0.1) is 24.1 Å². The van der Waals surface area contributed by atoms with E-state index >= 15 is 0 Å². The maximum atomic E-state index is 11.6. The average molecular weight is 398 g/mol. The van der Waals surface area contributed by atoms with Gasteiger partial charge in [0, 0.05) is 28.6 Å². The molecule has 0 amide bonds. The summed E-state index contributed by atoms with van der Waals surface area (Å²) in [6, 6.07) is 1.56. The number of aromatic carboxylic acids is 1. The molecule has 3 N–H and O–H groups in total. The van der Waals surface area contributed by atoms with E-state index in [9.17, 15) is 9.90 Å². The molecule has 1 aliphatic carbocycles. The second-order valence-electron chi connectivity index (χ2n) is 6.48. The molecule has 0 spiro atoms. The Morgan fingerprint density at radius 1 is 1.39 bits per heavy atom. The van der Waals surface area contributed by atoms with E-state index in [-0.39, 0.29) is 17.9 Å². The van der Waals surface area contributed by atoms with Gasteiger partial charge in [-0.2, -0.15) is 19.4 Å². The predicted octanol–water partition coefficient (Wildman–Crippen LogP) is 2.02. The molecule has 1 aromatic heterocycles. The lowest BCUT2D eigenvalue weighted by Crippen LogP contribution is -2.22. The SMILES string of the molecule is COc1c(C)cnc(Cn2nc3cc(C(=O)O)c4c-3c(n2)C(N)=NSC4)c1C. The van der Waals surface area contributed by atoms with Crippen LogP contribution in [0, 0.1) is 13.8 Å². The first-order chi connectivity index (χ1) is 13.4. The molecule has 2 aliphatic heterocycles. The Labute approximate surface area is 165 Å². The minimum Gasteiger partial charge on any atom is -0.496 e. The monoisotopic (exact) mass is 398 g/mol. The van der Waals surface area contributed by atoms with Crippen molar-refractivity contribution >= 4 is 23.8 Å². The molecule has 0 saturated heterocycles. The molecule has 0 atom stereocenters. The summed E-state index contributed by atoms with van der Waals surface area (Å²) in [4.78, 5) is 17.6. The first-order valence-corrected chi connectivity index (χ1v) is 9.43. The highest BCUT2D eigenvalue weighted by atomic mass is 32.2. The fourth-order valence-electron chi connectivity index (χ4n) is 3.41. The number of ether oxygens (including phenoxy) is 1. The van der Waals surface area contributed by atoms with Gasteiger partial charge in [0.1, 0.15) is 18.0 Å². The number of methoxy groups -OCH3 is 1. The lowest BCUT2D eigenvalue weighted by molar-refractivity contribution is 0.0696. The van der Waals surface area contributed by atoms with Gasteiger partial charge in [0.15, 0.2) is 5.84 Å². The van der Waals surface area contributed by atoms with E-state index in [2.05, 4.69) is 19.6 Å². The third-order valence-electron chi connectivity index (χ3n) is 4.73. The van der Waals surface area contributed by atoms with Crippen molar-refractivity contribution in [3.05, 3.63) is 45.9 Å². The summed E-state index contributed by atoms with van der Waals surface area (Å²) in [5.41, 5.74) is 11.1. The van der Waals surface area contributed by atoms with Crippen LogP contribution in [0.1, 0.15) is 38.4 Å². The Morgan fingerprint density at radius 2 is 2.18 bits per heavy atom. The van der Waals surface area contributed by atoms with Crippen molar-refractivity contribution in [3.8, 4) is 17.0 Å². The zero-order chi connectivity index (χ0) is 20.0. The zero-order valence-electron chi connectivity index (χ0n) is 15.6. The van der Waals surface area contributed by atoms with Gasteiger partial charge >= 0.3 is 5.97 Å². The summed E-state index contributed by atoms with van der Waals surface area (Å²) in [7, 11) is 1.62. The Morgan fingerprint density at radius 3 is 2.89 bits per heavy atom. The molecule has 4 rings (SSSR count). The first kappa shape index (κ1) is 18.2. The van der Waals surface area contributed by atoms with E-state index in [0.29, 0.717) is 28.3 Å². The largest absolute Gasteiger partial charge is 0.496 e. The number of carbonyl (C=O) groups is 1. The van der Waals surface area contributed by atoms with Crippen LogP contribution in [0.2, 0.25) is 0 Å². The van der Waals surface area contributed by atoms with Crippen LogP contribution in [-0.4, -0.2) is 44.0 Å². The minimum atomic E-state index is -1.01. The van der Waals surface area contributed by atoms with Crippen molar-refractivity contribution < 1.29 is 14.6 Å². The fraction of sp³-hybridized carbons (Fsp3) is 0.278. The Balaban J connectivity index is 1.87. The molecule has 0 saturated carbocycles. The van der Waals surface area contributed by atoms with Crippen LogP contribution in [0.5, 0.6) is 5.75 Å². The summed E-state index contributed by atoms with van der Waals surface area (Å²) >= 11 is 1.20. The quantitative estimate of drug-likeness (QED) is 0.639. The zero-order valence-corrected chi connectivity index (χ0v) is 16.4. The number of carboxylic acid groups (broad SMARTS) is 1. The van der Waals surface area contributed by atoms with Crippen LogP contribution < -0.4 is 10.5 Å². The van der Waals surface area contributed by atoms with Gasteiger partial charge in [-0.1, -0.05) is 0 Å². The van der Waals surface area contributed by atoms with Crippen molar-refractivity contribution in [2.75, 3.05) is 7.11 Å². The molecule has 10 heteroatoms. The number of nitrogens with zero attached hydrogens (tertiary/aromatic N) is 5. The van der Waals surface area contributed by atoms with E-state index in [4.69, 9.17) is 10.5 Å². The van der Waals surface area contributed by atoms with Gasteiger partial charge in [-0.25, -0.2) is 4.79 Å².